The largest absolute Gasteiger partial charge is 0.326 e. The van der Waals surface area contributed by atoms with Crippen molar-refractivity contribution >= 4 is 40.6 Å². The number of nitro groups is 1. The Hall–Kier alpha value is -2.87. The summed E-state index contributed by atoms with van der Waals surface area (Å²) < 4.78 is 0. The molecule has 30 heavy (non-hydrogen) atoms. The zero-order chi connectivity index (χ0) is 21.5. The number of hydrogen-bond donors (Lipinski definition) is 2. The molecular weight excluding hydrogens is 402 g/mol. The van der Waals surface area contributed by atoms with Gasteiger partial charge < -0.3 is 10.6 Å². The van der Waals surface area contributed by atoms with Gasteiger partial charge in [0, 0.05) is 34.3 Å². The maximum absolute atomic E-state index is 12.4. The number of benzene rings is 2. The van der Waals surface area contributed by atoms with Crippen LogP contribution in [0.4, 0.5) is 17.1 Å². The van der Waals surface area contributed by atoms with Crippen LogP contribution in [0.1, 0.15) is 37.7 Å². The van der Waals surface area contributed by atoms with E-state index in [0.29, 0.717) is 11.3 Å². The first-order valence-electron chi connectivity index (χ1n) is 10.0. The molecule has 0 atom stereocenters. The Labute approximate surface area is 179 Å². The summed E-state index contributed by atoms with van der Waals surface area (Å²) in [5.74, 6) is 0.152. The van der Waals surface area contributed by atoms with Crippen LogP contribution >= 0.6 is 11.8 Å². The first-order chi connectivity index (χ1) is 14.4. The number of carbonyl (C=O) groups excluding carboxylic acids is 2. The molecule has 3 rings (SSSR count). The molecule has 0 radical (unpaired) electrons. The Kier molecular flexibility index (Phi) is 7.46. The lowest BCUT2D eigenvalue weighted by atomic mass is 9.88. The van der Waals surface area contributed by atoms with Crippen LogP contribution < -0.4 is 10.6 Å². The van der Waals surface area contributed by atoms with Gasteiger partial charge in [0.05, 0.1) is 10.7 Å². The third kappa shape index (κ3) is 6.06. The molecule has 0 unspecified atom stereocenters. The second-order valence-electron chi connectivity index (χ2n) is 7.45. The molecule has 158 valence electrons. The first kappa shape index (κ1) is 21.8. The summed E-state index contributed by atoms with van der Waals surface area (Å²) in [5, 5.41) is 16.6. The van der Waals surface area contributed by atoms with Gasteiger partial charge >= 0.3 is 0 Å². The van der Waals surface area contributed by atoms with Crippen molar-refractivity contribution < 1.29 is 14.5 Å². The van der Waals surface area contributed by atoms with Crippen LogP contribution in [0.5, 0.6) is 0 Å². The van der Waals surface area contributed by atoms with Crippen LogP contribution in [0.3, 0.4) is 0 Å². The molecule has 2 aromatic carbocycles. The van der Waals surface area contributed by atoms with Crippen LogP contribution in [0, 0.1) is 23.0 Å². The lowest BCUT2D eigenvalue weighted by molar-refractivity contribution is -0.384. The van der Waals surface area contributed by atoms with Crippen molar-refractivity contribution in [2.75, 3.05) is 16.4 Å². The van der Waals surface area contributed by atoms with E-state index in [1.54, 1.807) is 6.92 Å². The smallest absolute Gasteiger partial charge is 0.269 e. The molecular formula is C22H25N3O4S. The van der Waals surface area contributed by atoms with Crippen LogP contribution in [-0.2, 0) is 9.59 Å². The molecule has 8 heteroatoms. The van der Waals surface area contributed by atoms with E-state index in [1.165, 1.54) is 36.4 Å². The van der Waals surface area contributed by atoms with Crippen molar-refractivity contribution in [2.45, 2.75) is 43.9 Å². The Bertz CT molecular complexity index is 942. The number of aryl methyl sites for hydroxylation is 1. The summed E-state index contributed by atoms with van der Waals surface area (Å²) in [6.45, 7) is 1.72. The van der Waals surface area contributed by atoms with E-state index in [2.05, 4.69) is 10.6 Å². The first-order valence-corrected chi connectivity index (χ1v) is 11.0. The fraction of sp³-hybridized carbons (Fsp3) is 0.364. The lowest BCUT2D eigenvalue weighted by Gasteiger charge is -2.20. The van der Waals surface area contributed by atoms with Gasteiger partial charge in [-0.05, 0) is 49.6 Å². The molecule has 0 bridgehead atoms. The van der Waals surface area contributed by atoms with E-state index in [4.69, 9.17) is 0 Å². The number of carbonyl (C=O) groups is 2. The maximum atomic E-state index is 12.4. The molecule has 0 aliphatic heterocycles. The van der Waals surface area contributed by atoms with Gasteiger partial charge in [-0.2, -0.15) is 0 Å². The SMILES string of the molecule is Cc1cc([N+](=O)[O-])ccc1NC(=O)CSc1cccc(NC(=O)C2CCCCC2)c1. The fourth-order valence-corrected chi connectivity index (χ4v) is 4.26. The molecule has 2 N–H and O–H groups in total. The third-order valence-corrected chi connectivity index (χ3v) is 6.14. The highest BCUT2D eigenvalue weighted by atomic mass is 32.2. The third-order valence-electron chi connectivity index (χ3n) is 5.14. The van der Waals surface area contributed by atoms with Crippen molar-refractivity contribution in [3.05, 3.63) is 58.1 Å². The zero-order valence-corrected chi connectivity index (χ0v) is 17.7. The van der Waals surface area contributed by atoms with Gasteiger partial charge in [-0.15, -0.1) is 11.8 Å². The minimum absolute atomic E-state index is 0.00744. The van der Waals surface area contributed by atoms with Crippen LogP contribution in [0.25, 0.3) is 0 Å². The zero-order valence-electron chi connectivity index (χ0n) is 16.8. The normalized spacial score (nSPS) is 14.2. The number of non-ortho nitro benzene ring substituents is 1. The summed E-state index contributed by atoms with van der Waals surface area (Å²) in [5.41, 5.74) is 1.92. The average Bonchev–Trinajstić information content (AvgIpc) is 2.74. The summed E-state index contributed by atoms with van der Waals surface area (Å²) in [7, 11) is 0. The highest BCUT2D eigenvalue weighted by molar-refractivity contribution is 8.00. The second-order valence-corrected chi connectivity index (χ2v) is 8.49. The molecule has 1 aliphatic carbocycles. The highest BCUT2D eigenvalue weighted by Crippen LogP contribution is 2.27. The van der Waals surface area contributed by atoms with E-state index in [9.17, 15) is 19.7 Å². The van der Waals surface area contributed by atoms with E-state index < -0.39 is 4.92 Å². The van der Waals surface area contributed by atoms with Crippen LogP contribution in [0.2, 0.25) is 0 Å². The standard InChI is InChI=1S/C22H25N3O4S/c1-15-12-18(25(28)29)10-11-20(15)24-21(26)14-30-19-9-5-8-17(13-19)23-22(27)16-6-3-2-4-7-16/h5,8-13,16H,2-4,6-7,14H2,1H3,(H,23,27)(H,24,26). The molecule has 0 spiro atoms. The molecule has 1 aliphatic rings. The monoisotopic (exact) mass is 427 g/mol. The van der Waals surface area contributed by atoms with Gasteiger partial charge in [0.15, 0.2) is 0 Å². The summed E-state index contributed by atoms with van der Waals surface area (Å²) in [4.78, 5) is 35.9. The summed E-state index contributed by atoms with van der Waals surface area (Å²) in [6.07, 6.45) is 5.32. The number of nitrogens with zero attached hydrogens (tertiary/aromatic N) is 1. The number of anilines is 2. The van der Waals surface area contributed by atoms with Crippen molar-refractivity contribution in [3.8, 4) is 0 Å². The molecule has 0 heterocycles. The minimum atomic E-state index is -0.464. The molecule has 0 aromatic heterocycles. The topological polar surface area (TPSA) is 101 Å². The Morgan fingerprint density at radius 3 is 2.57 bits per heavy atom. The Morgan fingerprint density at radius 2 is 1.87 bits per heavy atom. The lowest BCUT2D eigenvalue weighted by Crippen LogP contribution is -2.24. The molecule has 0 saturated heterocycles. The van der Waals surface area contributed by atoms with Crippen molar-refractivity contribution in [2.24, 2.45) is 5.92 Å². The molecule has 7 nitrogen and oxygen atoms in total. The van der Waals surface area contributed by atoms with E-state index >= 15 is 0 Å². The van der Waals surface area contributed by atoms with Crippen LogP contribution in [0.15, 0.2) is 47.4 Å². The average molecular weight is 428 g/mol. The van der Waals surface area contributed by atoms with Gasteiger partial charge in [0.1, 0.15) is 0 Å². The predicted molar refractivity (Wildman–Crippen MR) is 119 cm³/mol. The second kappa shape index (κ2) is 10.2. The number of hydrogen-bond acceptors (Lipinski definition) is 5. The van der Waals surface area contributed by atoms with Crippen LogP contribution in [-0.4, -0.2) is 22.5 Å². The van der Waals surface area contributed by atoms with Crippen molar-refractivity contribution in [1.82, 2.24) is 0 Å². The minimum Gasteiger partial charge on any atom is -0.326 e. The molecule has 1 fully saturated rings. The van der Waals surface area contributed by atoms with Gasteiger partial charge in [-0.25, -0.2) is 0 Å². The molecule has 1 saturated carbocycles. The van der Waals surface area contributed by atoms with Crippen molar-refractivity contribution in [1.29, 1.82) is 0 Å². The number of amides is 2. The number of rotatable bonds is 7. The summed E-state index contributed by atoms with van der Waals surface area (Å²) >= 11 is 1.37. The molecule has 2 aromatic rings. The van der Waals surface area contributed by atoms with E-state index in [0.717, 1.165) is 36.3 Å². The van der Waals surface area contributed by atoms with E-state index in [-0.39, 0.29) is 29.2 Å². The highest BCUT2D eigenvalue weighted by Gasteiger charge is 2.21. The van der Waals surface area contributed by atoms with Gasteiger partial charge in [0.25, 0.3) is 5.69 Å². The maximum Gasteiger partial charge on any atom is 0.269 e. The predicted octanol–water partition coefficient (Wildman–Crippen LogP) is 5.15. The van der Waals surface area contributed by atoms with E-state index in [1.807, 2.05) is 24.3 Å². The Balaban J connectivity index is 1.53. The van der Waals surface area contributed by atoms with Gasteiger partial charge in [-0.3, -0.25) is 19.7 Å². The number of nitro benzene ring substituents is 1. The summed E-state index contributed by atoms with van der Waals surface area (Å²) in [6, 6.07) is 11.8. The molecule has 2 amide bonds. The fourth-order valence-electron chi connectivity index (χ4n) is 3.51. The van der Waals surface area contributed by atoms with Gasteiger partial charge in [-0.1, -0.05) is 25.3 Å². The van der Waals surface area contributed by atoms with Crippen molar-refractivity contribution in [3.63, 3.8) is 0 Å². The van der Waals surface area contributed by atoms with Gasteiger partial charge in [0.2, 0.25) is 11.8 Å². The number of nitrogens with one attached hydrogen (secondary N) is 2. The quantitative estimate of drug-likeness (QED) is 0.361. The number of thioether (sulfide) groups is 1. The Morgan fingerprint density at radius 1 is 1.10 bits per heavy atom.